The lowest BCUT2D eigenvalue weighted by molar-refractivity contribution is 1.21. The van der Waals surface area contributed by atoms with Crippen LogP contribution in [-0.4, -0.2) is 0 Å². The van der Waals surface area contributed by atoms with Crippen LogP contribution in [-0.2, 0) is 6.42 Å². The molecule has 0 bridgehead atoms. The molecule has 0 nitrogen and oxygen atoms in total. The molecular weight excluding hydrogens is 925 g/mol. The van der Waals surface area contributed by atoms with Gasteiger partial charge in [0.1, 0.15) is 0 Å². The van der Waals surface area contributed by atoms with Gasteiger partial charge in [0.25, 0.3) is 0 Å². The number of hydrogen-bond acceptors (Lipinski definition) is 0. The Morgan fingerprint density at radius 3 is 1.38 bits per heavy atom. The van der Waals surface area contributed by atoms with E-state index in [1.165, 1.54) is 55.7 Å². The summed E-state index contributed by atoms with van der Waals surface area (Å²) < 4.78 is 0. The van der Waals surface area contributed by atoms with Crippen molar-refractivity contribution in [2.75, 3.05) is 0 Å². The molecule has 0 aromatic heterocycles. The van der Waals surface area contributed by atoms with Gasteiger partial charge in [0.2, 0.25) is 0 Å². The molecule has 0 fully saturated rings. The highest BCUT2D eigenvalue weighted by Crippen LogP contribution is 2.20. The molecular formula is C77H104. The van der Waals surface area contributed by atoms with E-state index in [1.54, 1.807) is 12.2 Å². The molecule has 0 atom stereocenters. The van der Waals surface area contributed by atoms with Crippen LogP contribution < -0.4 is 0 Å². The predicted molar refractivity (Wildman–Crippen MR) is 361 cm³/mol. The maximum atomic E-state index is 3.92. The summed E-state index contributed by atoms with van der Waals surface area (Å²) in [5.74, 6) is 0. The van der Waals surface area contributed by atoms with Crippen LogP contribution >= 0.6 is 0 Å². The third-order valence-corrected chi connectivity index (χ3v) is 9.89. The molecule has 0 heteroatoms. The Morgan fingerprint density at radius 1 is 0.416 bits per heavy atom. The van der Waals surface area contributed by atoms with Gasteiger partial charge in [-0.05, 0) is 146 Å². The van der Waals surface area contributed by atoms with Gasteiger partial charge in [-0.3, -0.25) is 0 Å². The summed E-state index contributed by atoms with van der Waals surface area (Å²) in [5, 5.41) is 0. The Balaban J connectivity index is -0.000000457. The van der Waals surface area contributed by atoms with Gasteiger partial charge in [0, 0.05) is 0 Å². The maximum absolute atomic E-state index is 3.92. The molecule has 77 heavy (non-hydrogen) atoms. The monoisotopic (exact) mass is 1030 g/mol. The van der Waals surface area contributed by atoms with E-state index in [0.717, 1.165) is 24.8 Å². The highest BCUT2D eigenvalue weighted by atomic mass is 14.0. The lowest BCUT2D eigenvalue weighted by Crippen LogP contribution is -1.85. The molecule has 0 saturated heterocycles. The minimum Gasteiger partial charge on any atom is -0.0991 e. The van der Waals surface area contributed by atoms with E-state index in [0.29, 0.717) is 0 Å². The fourth-order valence-corrected chi connectivity index (χ4v) is 5.91. The van der Waals surface area contributed by atoms with Crippen LogP contribution in [0.25, 0.3) is 16.7 Å². The number of allylic oxidation sites excluding steroid dienone is 37. The Hall–Kier alpha value is -7.54. The quantitative estimate of drug-likeness (QED) is 0.0737. The molecule has 3 aromatic carbocycles. The van der Waals surface area contributed by atoms with Gasteiger partial charge in [0.05, 0.1) is 0 Å². The van der Waals surface area contributed by atoms with Gasteiger partial charge in [0.15, 0.2) is 0 Å². The number of hydrogen-bond donors (Lipinski definition) is 0. The Morgan fingerprint density at radius 2 is 0.909 bits per heavy atom. The topological polar surface area (TPSA) is 0 Å². The normalized spacial score (nSPS) is 12.1. The van der Waals surface area contributed by atoms with E-state index >= 15 is 0 Å². The summed E-state index contributed by atoms with van der Waals surface area (Å²) in [4.78, 5) is 0. The van der Waals surface area contributed by atoms with Crippen LogP contribution in [0.3, 0.4) is 0 Å². The molecule has 412 valence electrons. The van der Waals surface area contributed by atoms with E-state index in [2.05, 4.69) is 224 Å². The third-order valence-electron chi connectivity index (χ3n) is 9.89. The molecule has 3 aromatic rings. The van der Waals surface area contributed by atoms with Crippen LogP contribution in [0.15, 0.2) is 309 Å². The zero-order chi connectivity index (χ0) is 58.6. The highest BCUT2D eigenvalue weighted by molar-refractivity contribution is 5.76. The van der Waals surface area contributed by atoms with Crippen LogP contribution in [0.4, 0.5) is 0 Å². The first-order chi connectivity index (χ1) is 37.5. The highest BCUT2D eigenvalue weighted by Gasteiger charge is 1.99. The van der Waals surface area contributed by atoms with Gasteiger partial charge in [-0.15, -0.1) is 0 Å². The lowest BCUT2D eigenvalue weighted by atomic mass is 10.0. The average Bonchev–Trinajstić information content (AvgIpc) is 3.46. The van der Waals surface area contributed by atoms with E-state index in [9.17, 15) is 0 Å². The number of benzene rings is 3. The first-order valence-corrected chi connectivity index (χ1v) is 27.7. The zero-order valence-corrected chi connectivity index (χ0v) is 51.1. The fourth-order valence-electron chi connectivity index (χ4n) is 5.91. The van der Waals surface area contributed by atoms with E-state index in [1.807, 2.05) is 161 Å². The largest absolute Gasteiger partial charge is 0.0991 e. The van der Waals surface area contributed by atoms with Crippen molar-refractivity contribution in [2.24, 2.45) is 0 Å². The van der Waals surface area contributed by atoms with Crippen LogP contribution in [0, 0.1) is 0 Å². The van der Waals surface area contributed by atoms with E-state index < -0.39 is 0 Å². The average molecular weight is 1030 g/mol. The van der Waals surface area contributed by atoms with Crippen LogP contribution in [0.2, 0.25) is 0 Å². The standard InChI is InChI=1S/C23H24.C20H24.C18H24.C8H12.C4H8.2C2H6/c1-4-21(23-13-9-6-10-14-23)18-16-19(2)15-17-20(3)22-11-7-5-8-12-22;1-5-7-8-10-18-12-15-20(16-13-18)19(9-6-2)14-11-17(3)4;1-5-9-14-18(13-8-4)16-10-15-17(11-6-2)12-7-3;1-3-5-7-8-6-4-2;1-3-4-2;2*1-2/h4-14,16-18H,1,15H2,2-3H3;5-9,11-16H,1,10H2,2-4H3;5-16H,1-4H3;3,5-8H,1,4H2,2H3;3-4H,1-2H3;2*1-2H3/b19-16+,20-17+,21-18+;8-7-,9-6-,19-14+;9-5+,11-6-,12-7-,13-8-,16-10+,18-14+;7-5-,8-6-;4-3+;;. The van der Waals surface area contributed by atoms with Crippen molar-refractivity contribution in [3.05, 3.63) is 331 Å². The second-order valence-corrected chi connectivity index (χ2v) is 16.4. The van der Waals surface area contributed by atoms with Crippen LogP contribution in [0.1, 0.15) is 146 Å². The second-order valence-electron chi connectivity index (χ2n) is 16.4. The van der Waals surface area contributed by atoms with Crippen LogP contribution in [0.5, 0.6) is 0 Å². The minimum absolute atomic E-state index is 0.947. The first-order valence-electron chi connectivity index (χ1n) is 27.7. The summed E-state index contributed by atoms with van der Waals surface area (Å²) >= 11 is 0. The van der Waals surface area contributed by atoms with Crippen molar-refractivity contribution in [3.63, 3.8) is 0 Å². The molecule has 0 N–H and O–H groups in total. The predicted octanol–water partition coefficient (Wildman–Crippen LogP) is 24.6. The molecule has 0 saturated carbocycles. The third kappa shape index (κ3) is 46.7. The van der Waals surface area contributed by atoms with Gasteiger partial charge >= 0.3 is 0 Å². The molecule has 0 aliphatic heterocycles. The molecule has 0 unspecified atom stereocenters. The summed E-state index contributed by atoms with van der Waals surface area (Å²) in [5.41, 5.74) is 13.8. The van der Waals surface area contributed by atoms with Gasteiger partial charge < -0.3 is 0 Å². The summed E-state index contributed by atoms with van der Waals surface area (Å²) in [6.07, 6.45) is 64.6. The van der Waals surface area contributed by atoms with Gasteiger partial charge in [-0.25, -0.2) is 0 Å². The second kappa shape index (κ2) is 59.3. The molecule has 0 amide bonds. The molecule has 0 radical (unpaired) electrons. The molecule has 0 heterocycles. The van der Waals surface area contributed by atoms with Gasteiger partial charge in [-0.2, -0.15) is 0 Å². The summed E-state index contributed by atoms with van der Waals surface area (Å²) in [6.45, 7) is 43.9. The van der Waals surface area contributed by atoms with E-state index in [4.69, 9.17) is 0 Å². The Labute approximate surface area is 475 Å². The van der Waals surface area contributed by atoms with Crippen molar-refractivity contribution in [3.8, 4) is 0 Å². The van der Waals surface area contributed by atoms with Crippen molar-refractivity contribution in [1.82, 2.24) is 0 Å². The summed E-state index contributed by atoms with van der Waals surface area (Å²) in [6, 6.07) is 29.6. The smallest absolute Gasteiger partial charge is 0.00943 e. The maximum Gasteiger partial charge on any atom is -0.00943 e. The number of rotatable bonds is 21. The Kier molecular flexibility index (Phi) is 58.5. The molecule has 0 aliphatic rings. The van der Waals surface area contributed by atoms with Crippen molar-refractivity contribution in [2.45, 2.75) is 130 Å². The van der Waals surface area contributed by atoms with Crippen molar-refractivity contribution in [1.29, 1.82) is 0 Å². The van der Waals surface area contributed by atoms with Gasteiger partial charge in [-0.1, -0.05) is 333 Å². The first kappa shape index (κ1) is 76.0. The minimum atomic E-state index is 0.947. The van der Waals surface area contributed by atoms with Crippen molar-refractivity contribution < 1.29 is 0 Å². The summed E-state index contributed by atoms with van der Waals surface area (Å²) in [7, 11) is 0. The Bertz CT molecular complexity index is 2450. The molecule has 0 aliphatic carbocycles. The fraction of sp³-hybridized carbons (Fsp3) is 0.247. The van der Waals surface area contributed by atoms with E-state index in [-0.39, 0.29) is 0 Å². The van der Waals surface area contributed by atoms with Crippen molar-refractivity contribution >= 4 is 16.7 Å². The zero-order valence-electron chi connectivity index (χ0n) is 51.1. The lowest BCUT2D eigenvalue weighted by Gasteiger charge is -2.04. The molecule has 3 rings (SSSR count). The molecule has 0 spiro atoms. The SMILES string of the molecule is C/C=C/C.C/C=C\C(=C/C=C/C(/C=C\C)=C/C=C/C)/C=C\C.C=C/C(=C\C=C(/C)C/C=C(\C)c1ccccc1)c1ccccc1.C=C/C=C\C=C/CC.C=C/C=C\Cc1ccc(C(/C=C\C)=C/C=C(C)C)cc1.CC.CC.